The van der Waals surface area contributed by atoms with Crippen molar-refractivity contribution in [1.29, 1.82) is 0 Å². The Kier molecular flexibility index (Phi) is 1.81. The first-order valence-electron chi connectivity index (χ1n) is 4.10. The van der Waals surface area contributed by atoms with Gasteiger partial charge in [0.25, 0.3) is 11.5 Å². The zero-order chi connectivity index (χ0) is 10.1. The molecule has 4 nitrogen and oxygen atoms in total. The molecule has 4 heteroatoms. The van der Waals surface area contributed by atoms with Crippen molar-refractivity contribution in [1.82, 2.24) is 4.98 Å². The van der Waals surface area contributed by atoms with Gasteiger partial charge < -0.3 is 10.7 Å². The molecule has 0 saturated carbocycles. The van der Waals surface area contributed by atoms with E-state index in [9.17, 15) is 9.59 Å². The normalized spacial score (nSPS) is 10.3. The van der Waals surface area contributed by atoms with Crippen molar-refractivity contribution < 1.29 is 4.79 Å². The van der Waals surface area contributed by atoms with Crippen molar-refractivity contribution in [3.63, 3.8) is 0 Å². The summed E-state index contributed by atoms with van der Waals surface area (Å²) in [7, 11) is 0. The first kappa shape index (κ1) is 8.50. The fraction of sp³-hybridized carbons (Fsp3) is 0. The summed E-state index contributed by atoms with van der Waals surface area (Å²) in [5.74, 6) is -0.711. The van der Waals surface area contributed by atoms with Crippen molar-refractivity contribution in [2.75, 3.05) is 0 Å². The standard InChI is InChI=1S/C10H8N2O2/c11-9(13)7-5-6-3-1-2-4-8(6)12-10(7)14/h1-5H,(H2,11,13)(H,12,14). The van der Waals surface area contributed by atoms with Crippen LogP contribution in [0.2, 0.25) is 0 Å². The molecular formula is C10H8N2O2. The summed E-state index contributed by atoms with van der Waals surface area (Å²) >= 11 is 0. The van der Waals surface area contributed by atoms with Gasteiger partial charge in [-0.2, -0.15) is 0 Å². The number of aromatic amines is 1. The number of carbonyl (C=O) groups is 1. The van der Waals surface area contributed by atoms with Gasteiger partial charge in [0.15, 0.2) is 0 Å². The van der Waals surface area contributed by atoms with E-state index in [0.717, 1.165) is 5.39 Å². The van der Waals surface area contributed by atoms with Crippen LogP contribution >= 0.6 is 0 Å². The van der Waals surface area contributed by atoms with Crippen LogP contribution in [0.5, 0.6) is 0 Å². The topological polar surface area (TPSA) is 76.0 Å². The van der Waals surface area contributed by atoms with Gasteiger partial charge in [-0.25, -0.2) is 0 Å². The molecule has 1 aromatic carbocycles. The molecule has 2 aromatic rings. The Balaban J connectivity index is 2.84. The fourth-order valence-electron chi connectivity index (χ4n) is 1.33. The molecule has 1 amide bonds. The van der Waals surface area contributed by atoms with Gasteiger partial charge >= 0.3 is 0 Å². The van der Waals surface area contributed by atoms with Crippen LogP contribution in [-0.4, -0.2) is 10.9 Å². The summed E-state index contributed by atoms with van der Waals surface area (Å²) in [6.45, 7) is 0. The van der Waals surface area contributed by atoms with Gasteiger partial charge in [-0.3, -0.25) is 9.59 Å². The maximum Gasteiger partial charge on any atom is 0.261 e. The Morgan fingerprint density at radius 2 is 2.00 bits per heavy atom. The summed E-state index contributed by atoms with van der Waals surface area (Å²) in [6.07, 6.45) is 0. The lowest BCUT2D eigenvalue weighted by atomic mass is 10.1. The number of hydrogen-bond acceptors (Lipinski definition) is 2. The number of nitrogens with two attached hydrogens (primary N) is 1. The zero-order valence-electron chi connectivity index (χ0n) is 7.28. The average molecular weight is 188 g/mol. The van der Waals surface area contributed by atoms with Crippen LogP contribution in [0.3, 0.4) is 0 Å². The summed E-state index contributed by atoms with van der Waals surface area (Å²) in [4.78, 5) is 24.8. The van der Waals surface area contributed by atoms with Crippen LogP contribution in [0.15, 0.2) is 35.1 Å². The van der Waals surface area contributed by atoms with Crippen LogP contribution in [0.4, 0.5) is 0 Å². The molecule has 0 aliphatic carbocycles. The van der Waals surface area contributed by atoms with Crippen molar-refractivity contribution >= 4 is 16.8 Å². The number of hydrogen-bond donors (Lipinski definition) is 2. The second-order valence-corrected chi connectivity index (χ2v) is 2.96. The third kappa shape index (κ3) is 1.26. The Hall–Kier alpha value is -2.10. The number of benzene rings is 1. The molecule has 0 fully saturated rings. The van der Waals surface area contributed by atoms with Gasteiger partial charge in [-0.1, -0.05) is 18.2 Å². The minimum atomic E-state index is -0.711. The summed E-state index contributed by atoms with van der Waals surface area (Å²) < 4.78 is 0. The van der Waals surface area contributed by atoms with E-state index in [2.05, 4.69) is 4.98 Å². The molecule has 1 heterocycles. The Bertz CT molecular complexity index is 557. The fourth-order valence-corrected chi connectivity index (χ4v) is 1.33. The third-order valence-electron chi connectivity index (χ3n) is 2.02. The number of para-hydroxylation sites is 1. The minimum Gasteiger partial charge on any atom is -0.365 e. The predicted molar refractivity (Wildman–Crippen MR) is 53.1 cm³/mol. The molecule has 3 N–H and O–H groups in total. The number of H-pyrrole nitrogens is 1. The van der Waals surface area contributed by atoms with E-state index in [1.807, 2.05) is 12.1 Å². The van der Waals surface area contributed by atoms with E-state index in [4.69, 9.17) is 5.73 Å². The predicted octanol–water partition coefficient (Wildman–Crippen LogP) is 0.627. The molecule has 0 spiro atoms. The Morgan fingerprint density at radius 3 is 2.71 bits per heavy atom. The number of primary amides is 1. The third-order valence-corrected chi connectivity index (χ3v) is 2.02. The Labute approximate surface area is 79.4 Å². The van der Waals surface area contributed by atoms with Crippen molar-refractivity contribution in [3.05, 3.63) is 46.2 Å². The van der Waals surface area contributed by atoms with Crippen LogP contribution < -0.4 is 11.3 Å². The van der Waals surface area contributed by atoms with Gasteiger partial charge in [-0.15, -0.1) is 0 Å². The van der Waals surface area contributed by atoms with Gasteiger partial charge in [0.05, 0.1) is 0 Å². The van der Waals surface area contributed by atoms with Gasteiger partial charge in [-0.05, 0) is 17.5 Å². The largest absolute Gasteiger partial charge is 0.365 e. The molecule has 0 aliphatic rings. The number of nitrogens with one attached hydrogen (secondary N) is 1. The van der Waals surface area contributed by atoms with Crippen molar-refractivity contribution in [2.45, 2.75) is 0 Å². The maximum atomic E-state index is 11.3. The number of rotatable bonds is 1. The van der Waals surface area contributed by atoms with E-state index < -0.39 is 11.5 Å². The molecule has 1 aromatic heterocycles. The van der Waals surface area contributed by atoms with Crippen LogP contribution in [0, 0.1) is 0 Å². The number of pyridine rings is 1. The van der Waals surface area contributed by atoms with Crippen LogP contribution in [0.25, 0.3) is 10.9 Å². The maximum absolute atomic E-state index is 11.3. The van der Waals surface area contributed by atoms with Crippen molar-refractivity contribution in [3.8, 4) is 0 Å². The van der Waals surface area contributed by atoms with Crippen LogP contribution in [0.1, 0.15) is 10.4 Å². The molecule has 0 saturated heterocycles. The average Bonchev–Trinajstić information content (AvgIpc) is 2.16. The monoisotopic (exact) mass is 188 g/mol. The van der Waals surface area contributed by atoms with Crippen LogP contribution in [-0.2, 0) is 0 Å². The highest BCUT2D eigenvalue weighted by atomic mass is 16.2. The molecular weight excluding hydrogens is 180 g/mol. The highest BCUT2D eigenvalue weighted by Gasteiger charge is 2.06. The molecule has 70 valence electrons. The number of amides is 1. The minimum absolute atomic E-state index is 0.0105. The quantitative estimate of drug-likeness (QED) is 0.688. The van der Waals surface area contributed by atoms with Crippen molar-refractivity contribution in [2.24, 2.45) is 5.73 Å². The second kappa shape index (κ2) is 2.99. The van der Waals surface area contributed by atoms with E-state index in [-0.39, 0.29) is 5.56 Å². The molecule has 0 bridgehead atoms. The van der Waals surface area contributed by atoms with E-state index in [1.165, 1.54) is 6.07 Å². The van der Waals surface area contributed by atoms with Gasteiger partial charge in [0, 0.05) is 5.52 Å². The lowest BCUT2D eigenvalue weighted by Gasteiger charge is -1.98. The van der Waals surface area contributed by atoms with E-state index >= 15 is 0 Å². The number of aromatic nitrogens is 1. The summed E-state index contributed by atoms with van der Waals surface area (Å²) in [6, 6.07) is 8.70. The smallest absolute Gasteiger partial charge is 0.261 e. The van der Waals surface area contributed by atoms with E-state index in [0.29, 0.717) is 5.52 Å². The molecule has 14 heavy (non-hydrogen) atoms. The summed E-state index contributed by atoms with van der Waals surface area (Å²) in [5.41, 5.74) is 5.29. The molecule has 0 unspecified atom stereocenters. The second-order valence-electron chi connectivity index (χ2n) is 2.96. The number of fused-ring (bicyclic) bond motifs is 1. The number of carbonyl (C=O) groups excluding carboxylic acids is 1. The molecule has 0 aliphatic heterocycles. The molecule has 0 radical (unpaired) electrons. The Morgan fingerprint density at radius 1 is 1.29 bits per heavy atom. The zero-order valence-corrected chi connectivity index (χ0v) is 7.28. The van der Waals surface area contributed by atoms with Gasteiger partial charge in [0.1, 0.15) is 5.56 Å². The lowest BCUT2D eigenvalue weighted by Crippen LogP contribution is -2.23. The molecule has 0 atom stereocenters. The van der Waals surface area contributed by atoms with Gasteiger partial charge in [0.2, 0.25) is 0 Å². The summed E-state index contributed by atoms with van der Waals surface area (Å²) in [5, 5.41) is 0.793. The molecule has 2 rings (SSSR count). The first-order chi connectivity index (χ1) is 6.68. The lowest BCUT2D eigenvalue weighted by molar-refractivity contribution is 0.0999. The SMILES string of the molecule is NC(=O)c1cc2ccccc2[nH]c1=O. The first-order valence-corrected chi connectivity index (χ1v) is 4.10. The highest BCUT2D eigenvalue weighted by molar-refractivity contribution is 5.95. The van der Waals surface area contributed by atoms with E-state index in [1.54, 1.807) is 12.1 Å². The highest BCUT2D eigenvalue weighted by Crippen LogP contribution is 2.09.